The van der Waals surface area contributed by atoms with Crippen LogP contribution >= 0.6 is 0 Å². The Morgan fingerprint density at radius 1 is 1.25 bits per heavy atom. The fourth-order valence-electron chi connectivity index (χ4n) is 0. The third-order valence-electron chi connectivity index (χ3n) is 0. The second-order valence-corrected chi connectivity index (χ2v) is 0. The van der Waals surface area contributed by atoms with E-state index in [0.29, 0.717) is 0 Å². The fourth-order valence-corrected chi connectivity index (χ4v) is 0. The number of hydrogen-bond acceptors (Lipinski definition) is 0. The molecule has 0 spiro atoms. The largest absolute Gasteiger partial charge is 2.00 e. The Labute approximate surface area is 70.3 Å². The summed E-state index contributed by atoms with van der Waals surface area (Å²) in [6.45, 7) is 0. The zero-order chi connectivity index (χ0) is 0. The molecule has 0 unspecified atom stereocenters. The van der Waals surface area contributed by atoms with Gasteiger partial charge in [-0.15, -0.1) is 0 Å². The van der Waals surface area contributed by atoms with Gasteiger partial charge in [0.2, 0.25) is 0 Å². The molecule has 0 amide bonds. The molecule has 0 saturated heterocycles. The van der Waals surface area contributed by atoms with Crippen LogP contribution in [0.3, 0.4) is 0 Å². The van der Waals surface area contributed by atoms with Crippen molar-refractivity contribution < 1.29 is 19.3 Å². The van der Waals surface area contributed by atoms with Gasteiger partial charge >= 0.3 is 23.1 Å². The van der Waals surface area contributed by atoms with Crippen molar-refractivity contribution in [3.05, 3.63) is 0 Å². The van der Waals surface area contributed by atoms with Crippen LogP contribution in [0.4, 0.5) is 0 Å². The number of rotatable bonds is 0. The quantitative estimate of drug-likeness (QED) is 0.382. The molecule has 0 aliphatic carbocycles. The van der Waals surface area contributed by atoms with Crippen LogP contribution in [-0.4, -0.2) is 51.4 Å². The van der Waals surface area contributed by atoms with Crippen LogP contribution in [0.15, 0.2) is 0 Å². The van der Waals surface area contributed by atoms with Gasteiger partial charge in [0, 0.05) is 44.8 Å². The summed E-state index contributed by atoms with van der Waals surface area (Å²) >= 11 is 0. The van der Waals surface area contributed by atoms with E-state index in [1.165, 1.54) is 0 Å². The molecule has 0 aliphatic heterocycles. The van der Waals surface area contributed by atoms with Crippen molar-refractivity contribution in [1.82, 2.24) is 0 Å². The monoisotopic (exact) mass is 139 g/mol. The van der Waals surface area contributed by atoms with E-state index in [4.69, 9.17) is 0 Å². The molecule has 0 saturated carbocycles. The van der Waals surface area contributed by atoms with Gasteiger partial charge < -0.3 is 2.85 Å². The Hall–Kier alpha value is 2.01. The summed E-state index contributed by atoms with van der Waals surface area (Å²) < 4.78 is 0. The first-order valence-electron chi connectivity index (χ1n) is 0. The van der Waals surface area contributed by atoms with Crippen LogP contribution in [0, 0.1) is 0 Å². The Kier molecular flexibility index (Phi) is 186. The van der Waals surface area contributed by atoms with E-state index in [1.807, 2.05) is 0 Å². The normalized spacial score (nSPS) is 0. The predicted octanol–water partition coefficient (Wildman–Crippen LogP) is -0.920. The molecule has 0 fully saturated rings. The molecule has 0 aromatic carbocycles. The van der Waals surface area contributed by atoms with Gasteiger partial charge in [-0.1, -0.05) is 0 Å². The number of hydrogen-bond donors (Lipinski definition) is 0. The maximum Gasteiger partial charge on any atom is 2.00 e. The van der Waals surface area contributed by atoms with E-state index < -0.39 is 0 Å². The van der Waals surface area contributed by atoms with Crippen molar-refractivity contribution in [3.8, 4) is 0 Å². The first kappa shape index (κ1) is 37.4. The van der Waals surface area contributed by atoms with Crippen LogP contribution in [0.2, 0.25) is 0 Å². The van der Waals surface area contributed by atoms with E-state index in [2.05, 4.69) is 0 Å². The summed E-state index contributed by atoms with van der Waals surface area (Å²) in [6, 6.07) is 0. The van der Waals surface area contributed by atoms with Crippen LogP contribution in [-0.2, 0) is 16.5 Å². The van der Waals surface area contributed by atoms with Gasteiger partial charge in [0.1, 0.15) is 0 Å². The minimum Gasteiger partial charge on any atom is -1.00 e. The van der Waals surface area contributed by atoms with E-state index in [-0.39, 0.29) is 70.7 Å². The average Bonchev–Trinajstić information content (AvgIpc) is 0. The van der Waals surface area contributed by atoms with E-state index in [1.54, 1.807) is 0 Å². The van der Waals surface area contributed by atoms with Gasteiger partial charge in [0.15, 0.2) is 0 Å². The first-order chi connectivity index (χ1) is 0. The zero-order valence-electron chi connectivity index (χ0n) is 4.10. The molecule has 0 atom stereocenters. The first-order valence-corrected chi connectivity index (χ1v) is 0. The molecule has 0 bridgehead atoms. The van der Waals surface area contributed by atoms with Crippen LogP contribution in [0.25, 0.3) is 0 Å². The van der Waals surface area contributed by atoms with Gasteiger partial charge in [0.05, 0.1) is 0 Å². The molecule has 4 heteroatoms. The minimum atomic E-state index is 0. The molecule has 21 valence electrons. The Balaban J connectivity index is 0. The molecule has 0 aliphatic rings. The summed E-state index contributed by atoms with van der Waals surface area (Å²) in [5.74, 6) is 0. The molecule has 7 radical (unpaired) electrons. The SMILES string of the molecule is [Al].[H-].[H-].[Mg+2].[Ni].[Si]. The van der Waals surface area contributed by atoms with Gasteiger partial charge in [0.25, 0.3) is 0 Å². The molecule has 4 heavy (non-hydrogen) atoms. The summed E-state index contributed by atoms with van der Waals surface area (Å²) in [7, 11) is 0. The third kappa shape index (κ3) is 8.99. The van der Waals surface area contributed by atoms with Gasteiger partial charge in [-0.05, 0) is 0 Å². The van der Waals surface area contributed by atoms with Crippen LogP contribution < -0.4 is 0 Å². The summed E-state index contributed by atoms with van der Waals surface area (Å²) in [4.78, 5) is 0. The second kappa shape index (κ2) is 19.9. The van der Waals surface area contributed by atoms with Crippen molar-refractivity contribution in [3.63, 3.8) is 0 Å². The van der Waals surface area contributed by atoms with Crippen molar-refractivity contribution in [1.29, 1.82) is 0 Å². The van der Waals surface area contributed by atoms with E-state index in [9.17, 15) is 0 Å². The smallest absolute Gasteiger partial charge is 1.00 e. The molecule has 0 rings (SSSR count). The molecular weight excluding hydrogens is 138 g/mol. The van der Waals surface area contributed by atoms with Gasteiger partial charge in [-0.3, -0.25) is 0 Å². The van der Waals surface area contributed by atoms with Crippen molar-refractivity contribution >= 4 is 51.4 Å². The molecule has 0 aromatic rings. The molecule has 0 nitrogen and oxygen atoms in total. The second-order valence-electron chi connectivity index (χ2n) is 0. The van der Waals surface area contributed by atoms with E-state index in [0.717, 1.165) is 0 Å². The van der Waals surface area contributed by atoms with E-state index >= 15 is 0 Å². The Morgan fingerprint density at radius 3 is 1.25 bits per heavy atom. The Morgan fingerprint density at radius 2 is 1.25 bits per heavy atom. The topological polar surface area (TPSA) is 0 Å². The maximum atomic E-state index is 0. The third-order valence-corrected chi connectivity index (χ3v) is 0. The summed E-state index contributed by atoms with van der Waals surface area (Å²) in [6.07, 6.45) is 0. The standard InChI is InChI=1S/Al.Mg.Ni.Si.2H/q;+2;;;2*-1. The van der Waals surface area contributed by atoms with Gasteiger partial charge in [-0.25, -0.2) is 0 Å². The molecule has 0 aromatic heterocycles. The predicted molar refractivity (Wildman–Crippen MR) is 19.5 cm³/mol. The maximum absolute atomic E-state index is 0. The molecular formula is H2AlMgNiSi. The van der Waals surface area contributed by atoms with Crippen LogP contribution in [0.5, 0.6) is 0 Å². The molecule has 0 N–H and O–H groups in total. The van der Waals surface area contributed by atoms with Crippen molar-refractivity contribution in [2.45, 2.75) is 0 Å². The minimum absolute atomic E-state index is 0. The fraction of sp³-hybridized carbons (Fsp3) is 0. The van der Waals surface area contributed by atoms with Crippen LogP contribution in [0.1, 0.15) is 2.85 Å². The molecule has 0 heterocycles. The van der Waals surface area contributed by atoms with Crippen molar-refractivity contribution in [2.75, 3.05) is 0 Å². The zero-order valence-corrected chi connectivity index (χ0v) is 6.66. The summed E-state index contributed by atoms with van der Waals surface area (Å²) in [5.41, 5.74) is 0. The average molecular weight is 140 g/mol. The summed E-state index contributed by atoms with van der Waals surface area (Å²) in [5, 5.41) is 0. The Bertz CT molecular complexity index is 13.5. The van der Waals surface area contributed by atoms with Crippen molar-refractivity contribution in [2.24, 2.45) is 0 Å². The van der Waals surface area contributed by atoms with Gasteiger partial charge in [-0.2, -0.15) is 0 Å².